The summed E-state index contributed by atoms with van der Waals surface area (Å²) in [7, 11) is 0. The van der Waals surface area contributed by atoms with Gasteiger partial charge in [-0.25, -0.2) is 4.98 Å². The number of nitrogens with one attached hydrogen (secondary N) is 1. The number of anilines is 1. The number of pyridine rings is 1. The molecule has 1 saturated heterocycles. The van der Waals surface area contributed by atoms with Crippen LogP contribution in [0.15, 0.2) is 18.3 Å². The standard InChI is InChI=1S/C17H28N4/c1-17(2,3)21-10-8-20(9-11-21)16-7-4-14(13-19-16)12-18-15-5-6-15/h4,7,13,15,18H,5-6,8-12H2,1-3H3. The Morgan fingerprint density at radius 3 is 2.38 bits per heavy atom. The van der Waals surface area contributed by atoms with E-state index in [4.69, 9.17) is 0 Å². The summed E-state index contributed by atoms with van der Waals surface area (Å²) in [5.41, 5.74) is 1.57. The molecule has 1 aromatic rings. The molecule has 4 nitrogen and oxygen atoms in total. The van der Waals surface area contributed by atoms with Crippen molar-refractivity contribution in [3.63, 3.8) is 0 Å². The van der Waals surface area contributed by atoms with Crippen LogP contribution >= 0.6 is 0 Å². The Morgan fingerprint density at radius 1 is 1.14 bits per heavy atom. The second-order valence-electron chi connectivity index (χ2n) is 7.32. The van der Waals surface area contributed by atoms with E-state index in [1.807, 2.05) is 6.20 Å². The molecule has 4 heteroatoms. The van der Waals surface area contributed by atoms with Crippen LogP contribution in [0.5, 0.6) is 0 Å². The molecule has 3 rings (SSSR count). The molecular formula is C17H28N4. The molecule has 0 unspecified atom stereocenters. The van der Waals surface area contributed by atoms with Gasteiger partial charge < -0.3 is 10.2 Å². The normalized spacial score (nSPS) is 20.8. The van der Waals surface area contributed by atoms with Crippen LogP contribution in [0.25, 0.3) is 0 Å². The summed E-state index contributed by atoms with van der Waals surface area (Å²) < 4.78 is 0. The van der Waals surface area contributed by atoms with E-state index >= 15 is 0 Å². The lowest BCUT2D eigenvalue weighted by atomic mass is 10.0. The second-order valence-corrected chi connectivity index (χ2v) is 7.32. The first-order chi connectivity index (χ1) is 10.0. The van der Waals surface area contributed by atoms with Crippen LogP contribution in [0.3, 0.4) is 0 Å². The molecule has 1 aromatic heterocycles. The zero-order chi connectivity index (χ0) is 14.9. The molecular weight excluding hydrogens is 260 g/mol. The predicted molar refractivity (Wildman–Crippen MR) is 87.6 cm³/mol. The van der Waals surface area contributed by atoms with Gasteiger partial charge in [0, 0.05) is 50.5 Å². The molecule has 0 bridgehead atoms. The van der Waals surface area contributed by atoms with E-state index in [9.17, 15) is 0 Å². The summed E-state index contributed by atoms with van der Waals surface area (Å²) in [5.74, 6) is 1.12. The van der Waals surface area contributed by atoms with Gasteiger partial charge >= 0.3 is 0 Å². The Morgan fingerprint density at radius 2 is 1.86 bits per heavy atom. The molecule has 0 radical (unpaired) electrons. The zero-order valence-corrected chi connectivity index (χ0v) is 13.6. The first-order valence-corrected chi connectivity index (χ1v) is 8.21. The third-order valence-electron chi connectivity index (χ3n) is 4.53. The van der Waals surface area contributed by atoms with Crippen LogP contribution in [0.1, 0.15) is 39.2 Å². The van der Waals surface area contributed by atoms with E-state index in [2.05, 4.69) is 53.0 Å². The highest BCUT2D eigenvalue weighted by molar-refractivity contribution is 5.40. The zero-order valence-electron chi connectivity index (χ0n) is 13.6. The fourth-order valence-corrected chi connectivity index (χ4v) is 2.86. The van der Waals surface area contributed by atoms with Gasteiger partial charge in [-0.1, -0.05) is 6.07 Å². The molecule has 2 fully saturated rings. The highest BCUT2D eigenvalue weighted by Crippen LogP contribution is 2.21. The molecule has 21 heavy (non-hydrogen) atoms. The minimum atomic E-state index is 0.276. The molecule has 1 aliphatic heterocycles. The maximum atomic E-state index is 4.66. The van der Waals surface area contributed by atoms with Crippen molar-refractivity contribution in [2.45, 2.75) is 51.7 Å². The fourth-order valence-electron chi connectivity index (χ4n) is 2.86. The van der Waals surface area contributed by atoms with Gasteiger partial charge in [0.2, 0.25) is 0 Å². The average molecular weight is 288 g/mol. The Balaban J connectivity index is 1.52. The molecule has 116 valence electrons. The van der Waals surface area contributed by atoms with Gasteiger partial charge in [-0.15, -0.1) is 0 Å². The summed E-state index contributed by atoms with van der Waals surface area (Å²) in [6.07, 6.45) is 4.70. The molecule has 0 aromatic carbocycles. The number of rotatable bonds is 4. The average Bonchev–Trinajstić information content (AvgIpc) is 3.29. The minimum absolute atomic E-state index is 0.276. The highest BCUT2D eigenvalue weighted by Gasteiger charge is 2.26. The van der Waals surface area contributed by atoms with Gasteiger partial charge in [0.05, 0.1) is 0 Å². The summed E-state index contributed by atoms with van der Waals surface area (Å²) >= 11 is 0. The Kier molecular flexibility index (Phi) is 4.18. The lowest BCUT2D eigenvalue weighted by Gasteiger charge is -2.42. The van der Waals surface area contributed by atoms with E-state index < -0.39 is 0 Å². The predicted octanol–water partition coefficient (Wildman–Crippen LogP) is 2.25. The summed E-state index contributed by atoms with van der Waals surface area (Å²) in [5, 5.41) is 3.53. The Bertz CT molecular complexity index is 451. The van der Waals surface area contributed by atoms with E-state index in [1.165, 1.54) is 18.4 Å². The first kappa shape index (κ1) is 14.8. The van der Waals surface area contributed by atoms with E-state index in [0.29, 0.717) is 0 Å². The van der Waals surface area contributed by atoms with Gasteiger partial charge in [0.15, 0.2) is 0 Å². The van der Waals surface area contributed by atoms with Crippen molar-refractivity contribution in [3.8, 4) is 0 Å². The van der Waals surface area contributed by atoms with Crippen molar-refractivity contribution in [1.29, 1.82) is 0 Å². The van der Waals surface area contributed by atoms with Gasteiger partial charge in [0.1, 0.15) is 5.82 Å². The van der Waals surface area contributed by atoms with Gasteiger partial charge in [-0.05, 0) is 45.2 Å². The number of hydrogen-bond donors (Lipinski definition) is 1. The lowest BCUT2D eigenvalue weighted by molar-refractivity contribution is 0.128. The van der Waals surface area contributed by atoms with E-state index in [-0.39, 0.29) is 5.54 Å². The number of hydrogen-bond acceptors (Lipinski definition) is 4. The van der Waals surface area contributed by atoms with Crippen molar-refractivity contribution in [2.75, 3.05) is 31.1 Å². The van der Waals surface area contributed by atoms with E-state index in [1.54, 1.807) is 0 Å². The van der Waals surface area contributed by atoms with Crippen LogP contribution < -0.4 is 10.2 Å². The SMILES string of the molecule is CC(C)(C)N1CCN(c2ccc(CNC3CC3)cn2)CC1. The molecule has 1 aliphatic carbocycles. The van der Waals surface area contributed by atoms with Crippen molar-refractivity contribution in [1.82, 2.24) is 15.2 Å². The van der Waals surface area contributed by atoms with Crippen LogP contribution in [-0.2, 0) is 6.54 Å². The summed E-state index contributed by atoms with van der Waals surface area (Å²) in [6.45, 7) is 12.2. The molecule has 0 spiro atoms. The topological polar surface area (TPSA) is 31.4 Å². The van der Waals surface area contributed by atoms with Crippen LogP contribution in [0, 0.1) is 0 Å². The Labute approximate surface area is 128 Å². The summed E-state index contributed by atoms with van der Waals surface area (Å²) in [6, 6.07) is 5.15. The maximum Gasteiger partial charge on any atom is 0.128 e. The summed E-state index contributed by atoms with van der Waals surface area (Å²) in [4.78, 5) is 9.61. The largest absolute Gasteiger partial charge is 0.354 e. The van der Waals surface area contributed by atoms with Crippen LogP contribution in [0.2, 0.25) is 0 Å². The molecule has 2 aliphatic rings. The van der Waals surface area contributed by atoms with E-state index in [0.717, 1.165) is 44.6 Å². The smallest absolute Gasteiger partial charge is 0.128 e. The minimum Gasteiger partial charge on any atom is -0.354 e. The van der Waals surface area contributed by atoms with Crippen molar-refractivity contribution >= 4 is 5.82 Å². The monoisotopic (exact) mass is 288 g/mol. The number of nitrogens with zero attached hydrogens (tertiary/aromatic N) is 3. The fraction of sp³-hybridized carbons (Fsp3) is 0.706. The van der Waals surface area contributed by atoms with Crippen molar-refractivity contribution in [2.24, 2.45) is 0 Å². The third-order valence-corrected chi connectivity index (χ3v) is 4.53. The second kappa shape index (κ2) is 5.93. The molecule has 1 saturated carbocycles. The molecule has 2 heterocycles. The van der Waals surface area contributed by atoms with Gasteiger partial charge in [-0.2, -0.15) is 0 Å². The van der Waals surface area contributed by atoms with Crippen molar-refractivity contribution in [3.05, 3.63) is 23.9 Å². The Hall–Kier alpha value is -1.13. The highest BCUT2D eigenvalue weighted by atomic mass is 15.3. The quantitative estimate of drug-likeness (QED) is 0.921. The number of aromatic nitrogens is 1. The van der Waals surface area contributed by atoms with Crippen molar-refractivity contribution < 1.29 is 0 Å². The van der Waals surface area contributed by atoms with Crippen LogP contribution in [0.4, 0.5) is 5.82 Å². The molecule has 0 amide bonds. The van der Waals surface area contributed by atoms with Crippen LogP contribution in [-0.4, -0.2) is 47.6 Å². The maximum absolute atomic E-state index is 4.66. The van der Waals surface area contributed by atoms with Gasteiger partial charge in [0.25, 0.3) is 0 Å². The molecule has 1 N–H and O–H groups in total. The number of piperazine rings is 1. The lowest BCUT2D eigenvalue weighted by Crippen LogP contribution is -2.53. The van der Waals surface area contributed by atoms with Gasteiger partial charge in [-0.3, -0.25) is 4.90 Å². The third kappa shape index (κ3) is 3.95. The first-order valence-electron chi connectivity index (χ1n) is 8.21. The molecule has 0 atom stereocenters.